The fourth-order valence-corrected chi connectivity index (χ4v) is 2.56. The monoisotopic (exact) mass is 387 g/mol. The average molecular weight is 387 g/mol. The molecule has 2 aromatic carbocycles. The Kier molecular flexibility index (Phi) is 8.30. The van der Waals surface area contributed by atoms with Crippen LogP contribution in [0.25, 0.3) is 0 Å². The van der Waals surface area contributed by atoms with Crippen molar-refractivity contribution in [1.29, 1.82) is 0 Å². The molecule has 150 valence electrons. The first-order chi connectivity index (χ1) is 13.6. The van der Waals surface area contributed by atoms with Crippen LogP contribution in [0.2, 0.25) is 0 Å². The molecule has 7 heteroatoms. The Morgan fingerprint density at radius 2 is 1.71 bits per heavy atom. The topological polar surface area (TPSA) is 74.3 Å². The summed E-state index contributed by atoms with van der Waals surface area (Å²) < 4.78 is 20.7. The maximum Gasteiger partial charge on any atom is 0.337 e. The number of ether oxygens (including phenoxy) is 4. The summed E-state index contributed by atoms with van der Waals surface area (Å²) in [6.45, 7) is 1.18. The van der Waals surface area contributed by atoms with Crippen LogP contribution >= 0.6 is 0 Å². The van der Waals surface area contributed by atoms with Crippen molar-refractivity contribution in [3.05, 3.63) is 59.7 Å². The van der Waals surface area contributed by atoms with Crippen LogP contribution < -0.4 is 9.47 Å². The third-order valence-corrected chi connectivity index (χ3v) is 4.07. The summed E-state index contributed by atoms with van der Waals surface area (Å²) in [6, 6.07) is 14.4. The zero-order valence-electron chi connectivity index (χ0n) is 16.3. The molecule has 0 spiro atoms. The van der Waals surface area contributed by atoms with Gasteiger partial charge in [0.2, 0.25) is 0 Å². The predicted octanol–water partition coefficient (Wildman–Crippen LogP) is 2.54. The number of methoxy groups -OCH3 is 3. The molecule has 2 aromatic rings. The molecule has 0 saturated heterocycles. The molecule has 0 radical (unpaired) electrons. The van der Waals surface area contributed by atoms with Crippen LogP contribution in [0.15, 0.2) is 48.5 Å². The average Bonchev–Trinajstić information content (AvgIpc) is 2.74. The quantitative estimate of drug-likeness (QED) is 0.583. The molecule has 1 amide bonds. The van der Waals surface area contributed by atoms with E-state index in [9.17, 15) is 9.59 Å². The van der Waals surface area contributed by atoms with E-state index in [1.165, 1.54) is 20.3 Å². The molecule has 0 aliphatic rings. The third kappa shape index (κ3) is 5.99. The summed E-state index contributed by atoms with van der Waals surface area (Å²) >= 11 is 0. The molecule has 0 fully saturated rings. The van der Waals surface area contributed by atoms with Gasteiger partial charge < -0.3 is 23.8 Å². The van der Waals surface area contributed by atoms with E-state index in [0.29, 0.717) is 36.8 Å². The van der Waals surface area contributed by atoms with E-state index < -0.39 is 5.97 Å². The molecular formula is C21H25NO6. The number of carbonyl (C=O) groups excluding carboxylic acids is 2. The molecule has 0 aliphatic carbocycles. The van der Waals surface area contributed by atoms with Crippen molar-refractivity contribution in [1.82, 2.24) is 4.90 Å². The van der Waals surface area contributed by atoms with Crippen LogP contribution in [0.5, 0.6) is 11.5 Å². The van der Waals surface area contributed by atoms with Gasteiger partial charge in [0.1, 0.15) is 0 Å². The fraction of sp³-hybridized carbons (Fsp3) is 0.333. The van der Waals surface area contributed by atoms with E-state index in [0.717, 1.165) is 5.56 Å². The smallest absolute Gasteiger partial charge is 0.337 e. The van der Waals surface area contributed by atoms with Crippen LogP contribution in [0.3, 0.4) is 0 Å². The van der Waals surface area contributed by atoms with E-state index in [2.05, 4.69) is 0 Å². The predicted molar refractivity (Wildman–Crippen MR) is 104 cm³/mol. The van der Waals surface area contributed by atoms with Gasteiger partial charge in [0.15, 0.2) is 18.1 Å². The summed E-state index contributed by atoms with van der Waals surface area (Å²) in [5.74, 6) is 0.0617. The van der Waals surface area contributed by atoms with Gasteiger partial charge in [-0.05, 0) is 23.8 Å². The third-order valence-electron chi connectivity index (χ3n) is 4.07. The molecule has 0 aliphatic heterocycles. The summed E-state index contributed by atoms with van der Waals surface area (Å²) in [6.07, 6.45) is 0. The van der Waals surface area contributed by atoms with Gasteiger partial charge in [0.25, 0.3) is 5.91 Å². The van der Waals surface area contributed by atoms with Gasteiger partial charge in [-0.25, -0.2) is 4.79 Å². The minimum Gasteiger partial charge on any atom is -0.493 e. The van der Waals surface area contributed by atoms with Crippen molar-refractivity contribution in [2.24, 2.45) is 0 Å². The fourth-order valence-electron chi connectivity index (χ4n) is 2.56. The Labute approximate surface area is 164 Å². The van der Waals surface area contributed by atoms with Gasteiger partial charge in [-0.1, -0.05) is 30.3 Å². The lowest BCUT2D eigenvalue weighted by Crippen LogP contribution is -2.36. The highest BCUT2D eigenvalue weighted by molar-refractivity contribution is 5.90. The Balaban J connectivity index is 2.05. The number of nitrogens with zero attached hydrogens (tertiary/aromatic N) is 1. The summed E-state index contributed by atoms with van der Waals surface area (Å²) in [5.41, 5.74) is 1.36. The second kappa shape index (κ2) is 10.9. The van der Waals surface area contributed by atoms with Gasteiger partial charge in [0.05, 0.1) is 26.4 Å². The van der Waals surface area contributed by atoms with Crippen molar-refractivity contribution in [3.63, 3.8) is 0 Å². The van der Waals surface area contributed by atoms with E-state index in [4.69, 9.17) is 18.9 Å². The summed E-state index contributed by atoms with van der Waals surface area (Å²) in [5, 5.41) is 0. The standard InChI is InChI=1S/C21H25NO6/c1-25-12-11-22(14-16-7-5-4-6-8-16)20(23)15-28-18-10-9-17(21(24)27-3)13-19(18)26-2/h4-10,13H,11-12,14-15H2,1-3H3. The van der Waals surface area contributed by atoms with E-state index in [-0.39, 0.29) is 12.5 Å². The van der Waals surface area contributed by atoms with Crippen LogP contribution in [0.4, 0.5) is 0 Å². The second-order valence-corrected chi connectivity index (χ2v) is 5.94. The van der Waals surface area contributed by atoms with Crippen molar-refractivity contribution >= 4 is 11.9 Å². The Morgan fingerprint density at radius 1 is 0.964 bits per heavy atom. The minimum atomic E-state index is -0.477. The van der Waals surface area contributed by atoms with Crippen LogP contribution in [-0.2, 0) is 20.8 Å². The van der Waals surface area contributed by atoms with Crippen molar-refractivity contribution in [3.8, 4) is 11.5 Å². The highest BCUT2D eigenvalue weighted by Crippen LogP contribution is 2.28. The van der Waals surface area contributed by atoms with Crippen LogP contribution in [-0.4, -0.2) is 57.9 Å². The first kappa shape index (κ1) is 21.2. The van der Waals surface area contributed by atoms with Gasteiger partial charge in [0, 0.05) is 20.2 Å². The van der Waals surface area contributed by atoms with Crippen LogP contribution in [0.1, 0.15) is 15.9 Å². The van der Waals surface area contributed by atoms with Crippen molar-refractivity contribution in [2.75, 3.05) is 41.1 Å². The molecule has 0 atom stereocenters. The highest BCUT2D eigenvalue weighted by Gasteiger charge is 2.17. The lowest BCUT2D eigenvalue weighted by Gasteiger charge is -2.23. The summed E-state index contributed by atoms with van der Waals surface area (Å²) in [4.78, 5) is 26.0. The molecule has 28 heavy (non-hydrogen) atoms. The van der Waals surface area contributed by atoms with Crippen molar-refractivity contribution < 1.29 is 28.5 Å². The van der Waals surface area contributed by atoms with Crippen molar-refractivity contribution in [2.45, 2.75) is 6.54 Å². The number of amides is 1. The number of hydrogen-bond donors (Lipinski definition) is 0. The van der Waals surface area contributed by atoms with E-state index in [1.54, 1.807) is 24.1 Å². The first-order valence-electron chi connectivity index (χ1n) is 8.78. The Bertz CT molecular complexity index is 778. The van der Waals surface area contributed by atoms with Crippen LogP contribution in [0, 0.1) is 0 Å². The maximum atomic E-state index is 12.7. The normalized spacial score (nSPS) is 10.2. The Hall–Kier alpha value is -3.06. The lowest BCUT2D eigenvalue weighted by atomic mass is 10.2. The second-order valence-electron chi connectivity index (χ2n) is 5.94. The highest BCUT2D eigenvalue weighted by atomic mass is 16.5. The molecular weight excluding hydrogens is 362 g/mol. The molecule has 0 N–H and O–H groups in total. The van der Waals surface area contributed by atoms with E-state index in [1.807, 2.05) is 30.3 Å². The zero-order valence-corrected chi connectivity index (χ0v) is 16.3. The van der Waals surface area contributed by atoms with Gasteiger partial charge in [-0.15, -0.1) is 0 Å². The number of carbonyl (C=O) groups is 2. The molecule has 0 aromatic heterocycles. The van der Waals surface area contributed by atoms with E-state index >= 15 is 0 Å². The zero-order chi connectivity index (χ0) is 20.4. The van der Waals surface area contributed by atoms with Gasteiger partial charge in [-0.3, -0.25) is 4.79 Å². The largest absolute Gasteiger partial charge is 0.493 e. The lowest BCUT2D eigenvalue weighted by molar-refractivity contribution is -0.134. The molecule has 0 unspecified atom stereocenters. The number of hydrogen-bond acceptors (Lipinski definition) is 6. The molecule has 2 rings (SSSR count). The summed E-state index contributed by atoms with van der Waals surface area (Å²) in [7, 11) is 4.36. The molecule has 0 heterocycles. The minimum absolute atomic E-state index is 0.162. The van der Waals surface area contributed by atoms with Gasteiger partial charge in [-0.2, -0.15) is 0 Å². The molecule has 0 saturated carbocycles. The number of esters is 1. The molecule has 0 bridgehead atoms. The number of rotatable bonds is 10. The molecule has 7 nitrogen and oxygen atoms in total. The maximum absolute atomic E-state index is 12.7. The first-order valence-corrected chi connectivity index (χ1v) is 8.78. The van der Waals surface area contributed by atoms with Gasteiger partial charge >= 0.3 is 5.97 Å². The SMILES string of the molecule is COCCN(Cc1ccccc1)C(=O)COc1ccc(C(=O)OC)cc1OC. The number of benzene rings is 2. The Morgan fingerprint density at radius 3 is 2.36 bits per heavy atom.